The average molecular weight is 522 g/mol. The van der Waals surface area contributed by atoms with Crippen LogP contribution in [0, 0.1) is 0 Å². The quantitative estimate of drug-likeness (QED) is 0.150. The van der Waals surface area contributed by atoms with Crippen molar-refractivity contribution in [3.05, 3.63) is 35.4 Å². The Bertz CT molecular complexity index is 700. The third kappa shape index (κ3) is 17.1. The number of benzene rings is 1. The summed E-state index contributed by atoms with van der Waals surface area (Å²) in [7, 11) is 0. The first-order chi connectivity index (χ1) is 17.9. The van der Waals surface area contributed by atoms with Crippen LogP contribution < -0.4 is 0 Å². The van der Waals surface area contributed by atoms with Gasteiger partial charge in [0, 0.05) is 19.6 Å². The molecule has 2 rings (SSSR count). The molecule has 0 aliphatic carbocycles. The fourth-order valence-electron chi connectivity index (χ4n) is 3.36. The van der Waals surface area contributed by atoms with E-state index in [2.05, 4.69) is 27.7 Å². The highest BCUT2D eigenvalue weighted by Gasteiger charge is 2.36. The van der Waals surface area contributed by atoms with Crippen molar-refractivity contribution in [1.29, 1.82) is 0 Å². The van der Waals surface area contributed by atoms with Gasteiger partial charge in [0.1, 0.15) is 5.78 Å². The van der Waals surface area contributed by atoms with Gasteiger partial charge in [0.2, 0.25) is 0 Å². The van der Waals surface area contributed by atoms with E-state index in [1.165, 1.54) is 32.1 Å². The van der Waals surface area contributed by atoms with Crippen LogP contribution in [0.5, 0.6) is 0 Å². The van der Waals surface area contributed by atoms with Crippen molar-refractivity contribution in [2.24, 2.45) is 0 Å². The molecule has 0 spiro atoms. The Hall–Kier alpha value is -2.09. The van der Waals surface area contributed by atoms with Gasteiger partial charge >= 0.3 is 0 Å². The summed E-state index contributed by atoms with van der Waals surface area (Å²) in [6.07, 6.45) is 12.4. The number of unbranched alkanes of at least 4 members (excludes halogenated alkanes) is 7. The number of hydroxylamine groups is 2. The van der Waals surface area contributed by atoms with Crippen LogP contribution in [0.1, 0.15) is 126 Å². The Balaban J connectivity index is 0.00000142. The van der Waals surface area contributed by atoms with E-state index >= 15 is 0 Å². The summed E-state index contributed by atoms with van der Waals surface area (Å²) in [5.74, 6) is -0.674. The number of imide groups is 1. The number of rotatable bonds is 18. The Morgan fingerprint density at radius 3 is 1.57 bits per heavy atom. The molecule has 37 heavy (non-hydrogen) atoms. The smallest absolute Gasteiger partial charge is 0.285 e. The predicted molar refractivity (Wildman–Crippen MR) is 149 cm³/mol. The Morgan fingerprint density at radius 2 is 1.14 bits per heavy atom. The van der Waals surface area contributed by atoms with Crippen LogP contribution in [0.15, 0.2) is 24.3 Å². The normalized spacial score (nSPS) is 12.0. The molecule has 0 saturated carbocycles. The summed E-state index contributed by atoms with van der Waals surface area (Å²) < 4.78 is 10.9. The number of ether oxygens (including phenoxy) is 2. The van der Waals surface area contributed by atoms with Gasteiger partial charge in [0.05, 0.1) is 30.9 Å². The molecule has 2 amide bonds. The van der Waals surface area contributed by atoms with E-state index in [-0.39, 0.29) is 12.4 Å². The topological polar surface area (TPSA) is 82.1 Å². The van der Waals surface area contributed by atoms with Crippen LogP contribution in [0.3, 0.4) is 0 Å². The van der Waals surface area contributed by atoms with Crippen molar-refractivity contribution in [3.63, 3.8) is 0 Å². The summed E-state index contributed by atoms with van der Waals surface area (Å²) in [5, 5.41) is 0.817. The van der Waals surface area contributed by atoms with Crippen molar-refractivity contribution >= 4 is 17.6 Å². The zero-order valence-corrected chi connectivity index (χ0v) is 24.0. The van der Waals surface area contributed by atoms with E-state index < -0.39 is 11.8 Å². The lowest BCUT2D eigenvalue weighted by Gasteiger charge is -2.13. The average Bonchev–Trinajstić information content (AvgIpc) is 3.12. The van der Waals surface area contributed by atoms with Crippen molar-refractivity contribution in [3.8, 4) is 0 Å². The van der Waals surface area contributed by atoms with E-state index in [9.17, 15) is 14.4 Å². The second-order valence-corrected chi connectivity index (χ2v) is 9.14. The van der Waals surface area contributed by atoms with Gasteiger partial charge in [-0.2, -0.15) is 0 Å². The maximum absolute atomic E-state index is 12.1. The molecule has 7 heteroatoms. The maximum atomic E-state index is 12.1. The highest BCUT2D eigenvalue weighted by atomic mass is 16.7. The Morgan fingerprint density at radius 1 is 0.676 bits per heavy atom. The molecule has 0 saturated heterocycles. The number of nitrogens with zero attached hydrogens (tertiary/aromatic N) is 1. The van der Waals surface area contributed by atoms with E-state index in [4.69, 9.17) is 14.3 Å². The molecular formula is C30H51NO6. The maximum Gasteiger partial charge on any atom is 0.285 e. The molecular weight excluding hydrogens is 470 g/mol. The molecule has 1 aliphatic heterocycles. The first-order valence-electron chi connectivity index (χ1n) is 14.2. The number of amides is 2. The summed E-state index contributed by atoms with van der Waals surface area (Å²) in [6, 6.07) is 6.69. The van der Waals surface area contributed by atoms with E-state index in [0.717, 1.165) is 43.8 Å². The molecule has 1 aromatic carbocycles. The monoisotopic (exact) mass is 521 g/mol. The summed E-state index contributed by atoms with van der Waals surface area (Å²) in [5.41, 5.74) is 0.752. The zero-order valence-electron chi connectivity index (χ0n) is 24.0. The van der Waals surface area contributed by atoms with Crippen molar-refractivity contribution < 1.29 is 28.7 Å². The highest BCUT2D eigenvalue weighted by Crippen LogP contribution is 2.22. The van der Waals surface area contributed by atoms with Gasteiger partial charge in [0.15, 0.2) is 0 Å². The molecule has 1 heterocycles. The van der Waals surface area contributed by atoms with Gasteiger partial charge in [-0.1, -0.05) is 91.2 Å². The zero-order chi connectivity index (χ0) is 27.7. The highest BCUT2D eigenvalue weighted by molar-refractivity contribution is 6.20. The van der Waals surface area contributed by atoms with Gasteiger partial charge in [-0.05, 0) is 31.9 Å². The van der Waals surface area contributed by atoms with Crippen molar-refractivity contribution in [2.45, 2.75) is 105 Å². The van der Waals surface area contributed by atoms with E-state index in [1.54, 1.807) is 31.2 Å². The van der Waals surface area contributed by atoms with E-state index in [1.807, 2.05) is 0 Å². The van der Waals surface area contributed by atoms with Crippen molar-refractivity contribution in [2.75, 3.05) is 33.0 Å². The van der Waals surface area contributed by atoms with Crippen LogP contribution in [0.2, 0.25) is 0 Å². The molecule has 0 fully saturated rings. The Kier molecular flexibility index (Phi) is 22.9. The van der Waals surface area contributed by atoms with Gasteiger partial charge in [-0.25, -0.2) is 0 Å². The molecule has 1 aromatic rings. The van der Waals surface area contributed by atoms with E-state index in [0.29, 0.717) is 37.4 Å². The van der Waals surface area contributed by atoms with Crippen LogP contribution in [0.4, 0.5) is 0 Å². The summed E-state index contributed by atoms with van der Waals surface area (Å²) in [6.45, 7) is 12.6. The third-order valence-corrected chi connectivity index (χ3v) is 5.34. The summed E-state index contributed by atoms with van der Waals surface area (Å²) >= 11 is 0. The molecule has 0 atom stereocenters. The molecule has 0 unspecified atom stereocenters. The number of ketones is 1. The summed E-state index contributed by atoms with van der Waals surface area (Å²) in [4.78, 5) is 40.3. The largest absolute Gasteiger partial charge is 0.381 e. The molecule has 0 bridgehead atoms. The van der Waals surface area contributed by atoms with Gasteiger partial charge in [-0.15, -0.1) is 5.06 Å². The third-order valence-electron chi connectivity index (χ3n) is 5.34. The first-order valence-corrected chi connectivity index (χ1v) is 14.2. The lowest BCUT2D eigenvalue weighted by Crippen LogP contribution is -2.31. The number of Topliss-reactive ketones (excluding diaryl/α,β-unsaturated/α-hetero) is 1. The fourth-order valence-corrected chi connectivity index (χ4v) is 3.36. The van der Waals surface area contributed by atoms with Crippen molar-refractivity contribution in [1.82, 2.24) is 5.06 Å². The van der Waals surface area contributed by atoms with Crippen LogP contribution in [-0.4, -0.2) is 55.7 Å². The number of hydrogen-bond donors (Lipinski definition) is 0. The number of carbonyl (C=O) groups excluding carboxylic acids is 3. The minimum atomic E-state index is -0.421. The molecule has 1 aliphatic rings. The molecule has 212 valence electrons. The van der Waals surface area contributed by atoms with Crippen LogP contribution >= 0.6 is 0 Å². The van der Waals surface area contributed by atoms with Crippen LogP contribution in [-0.2, 0) is 19.1 Å². The van der Waals surface area contributed by atoms with Crippen LogP contribution in [0.25, 0.3) is 0 Å². The number of carbonyl (C=O) groups is 3. The Labute approximate surface area is 225 Å². The predicted octanol–water partition coefficient (Wildman–Crippen LogP) is 7.18. The number of hydrogen-bond acceptors (Lipinski definition) is 6. The van der Waals surface area contributed by atoms with Gasteiger partial charge in [-0.3, -0.25) is 19.2 Å². The molecule has 0 N–H and O–H groups in total. The second kappa shape index (κ2) is 24.3. The minimum absolute atomic E-state index is 0.162. The SMILES string of the molecule is CC(=O)CCOCCCCCCCCOCCON1C(=O)c2ccccc2C1=O.CCC.CCCCC. The lowest BCUT2D eigenvalue weighted by atomic mass is 10.1. The van der Waals surface area contributed by atoms with Gasteiger partial charge in [0.25, 0.3) is 11.8 Å². The second-order valence-electron chi connectivity index (χ2n) is 9.14. The molecule has 0 radical (unpaired) electrons. The molecule has 0 aromatic heterocycles. The standard InChI is InChI=1S/C22H31NO6.C5H12.C3H8/c1-18(24)12-15-27-13-8-4-2-3-5-9-14-28-16-17-29-23-21(25)19-10-6-7-11-20(19)22(23)26;1-3-5-4-2;1-3-2/h6-7,10-11H,2-5,8-9,12-17H2,1H3;3-5H2,1-2H3;3H2,1-2H3. The fraction of sp³-hybridized carbons (Fsp3) is 0.700. The molecule has 7 nitrogen and oxygen atoms in total. The lowest BCUT2D eigenvalue weighted by molar-refractivity contribution is -0.118. The number of fused-ring (bicyclic) bond motifs is 1. The minimum Gasteiger partial charge on any atom is -0.381 e. The van der Waals surface area contributed by atoms with Gasteiger partial charge < -0.3 is 9.47 Å². The first kappa shape index (κ1) is 34.9.